The van der Waals surface area contributed by atoms with E-state index in [1.165, 1.54) is 23.5 Å². The van der Waals surface area contributed by atoms with Crippen molar-refractivity contribution in [2.75, 3.05) is 0 Å². The molecule has 1 heterocycles. The molecule has 2 N–H and O–H groups in total. The van der Waals surface area contributed by atoms with Gasteiger partial charge in [-0.05, 0) is 17.7 Å². The fourth-order valence-electron chi connectivity index (χ4n) is 1.35. The van der Waals surface area contributed by atoms with Gasteiger partial charge >= 0.3 is 0 Å². The first kappa shape index (κ1) is 13.2. The average molecular weight is 284 g/mol. The lowest BCUT2D eigenvalue weighted by molar-refractivity contribution is 0.282. The van der Waals surface area contributed by atoms with E-state index in [-0.39, 0.29) is 18.0 Å². The highest BCUT2D eigenvalue weighted by Crippen LogP contribution is 2.12. The molecule has 0 bridgehead atoms. The van der Waals surface area contributed by atoms with E-state index >= 15 is 0 Å². The summed E-state index contributed by atoms with van der Waals surface area (Å²) in [5.41, 5.74) is 0.675. The zero-order chi connectivity index (χ0) is 13.0. The van der Waals surface area contributed by atoms with Crippen molar-refractivity contribution in [3.05, 3.63) is 46.4 Å². The van der Waals surface area contributed by atoms with Crippen LogP contribution in [0.2, 0.25) is 0 Å². The highest BCUT2D eigenvalue weighted by atomic mass is 32.2. The Hall–Kier alpha value is -1.28. The highest BCUT2D eigenvalue weighted by molar-refractivity contribution is 7.89. The van der Waals surface area contributed by atoms with Crippen molar-refractivity contribution in [3.63, 3.8) is 0 Å². The number of hydrogen-bond donors (Lipinski definition) is 2. The quantitative estimate of drug-likeness (QED) is 0.862. The van der Waals surface area contributed by atoms with Gasteiger partial charge in [0.05, 0.1) is 18.0 Å². The zero-order valence-corrected chi connectivity index (χ0v) is 11.0. The Morgan fingerprint density at radius 2 is 2.00 bits per heavy atom. The third kappa shape index (κ3) is 3.14. The first-order chi connectivity index (χ1) is 8.62. The van der Waals surface area contributed by atoms with Gasteiger partial charge in [0.25, 0.3) is 0 Å². The molecule has 0 saturated carbocycles. The van der Waals surface area contributed by atoms with Gasteiger partial charge in [0.15, 0.2) is 0 Å². The first-order valence-corrected chi connectivity index (χ1v) is 7.56. The summed E-state index contributed by atoms with van der Waals surface area (Å²) in [5, 5.41) is 11.4. The molecule has 0 saturated heterocycles. The van der Waals surface area contributed by atoms with Crippen LogP contribution in [0.4, 0.5) is 0 Å². The van der Waals surface area contributed by atoms with Gasteiger partial charge in [-0.2, -0.15) is 0 Å². The molecule has 0 amide bonds. The molecule has 1 aromatic heterocycles. The molecule has 0 aliphatic rings. The van der Waals surface area contributed by atoms with Gasteiger partial charge in [-0.15, -0.1) is 11.3 Å². The zero-order valence-electron chi connectivity index (χ0n) is 9.41. The van der Waals surface area contributed by atoms with E-state index in [1.54, 1.807) is 23.7 Å². The monoisotopic (exact) mass is 284 g/mol. The van der Waals surface area contributed by atoms with Gasteiger partial charge in [-0.25, -0.2) is 18.1 Å². The summed E-state index contributed by atoms with van der Waals surface area (Å²) in [6.07, 6.45) is 1.63. The first-order valence-electron chi connectivity index (χ1n) is 5.19. The minimum Gasteiger partial charge on any atom is -0.392 e. The molecule has 18 heavy (non-hydrogen) atoms. The smallest absolute Gasteiger partial charge is 0.240 e. The number of aromatic nitrogens is 1. The second-order valence-electron chi connectivity index (χ2n) is 3.55. The maximum Gasteiger partial charge on any atom is 0.240 e. The number of nitrogens with one attached hydrogen (secondary N) is 1. The third-order valence-corrected chi connectivity index (χ3v) is 4.51. The Morgan fingerprint density at radius 3 is 2.56 bits per heavy atom. The normalized spacial score (nSPS) is 11.6. The fourth-order valence-corrected chi connectivity index (χ4v) is 2.99. The lowest BCUT2D eigenvalue weighted by Crippen LogP contribution is -2.23. The van der Waals surface area contributed by atoms with Crippen molar-refractivity contribution in [3.8, 4) is 0 Å². The van der Waals surface area contributed by atoms with Gasteiger partial charge in [0.1, 0.15) is 5.01 Å². The van der Waals surface area contributed by atoms with Crippen LogP contribution >= 0.6 is 11.3 Å². The lowest BCUT2D eigenvalue weighted by atomic mass is 10.2. The maximum atomic E-state index is 11.9. The summed E-state index contributed by atoms with van der Waals surface area (Å²) in [6, 6.07) is 6.10. The van der Waals surface area contributed by atoms with Crippen molar-refractivity contribution in [2.24, 2.45) is 0 Å². The van der Waals surface area contributed by atoms with Crippen molar-refractivity contribution < 1.29 is 13.5 Å². The number of aliphatic hydroxyl groups excluding tert-OH is 1. The summed E-state index contributed by atoms with van der Waals surface area (Å²) in [4.78, 5) is 4.18. The van der Waals surface area contributed by atoms with Gasteiger partial charge in [0.2, 0.25) is 10.0 Å². The van der Waals surface area contributed by atoms with Gasteiger partial charge < -0.3 is 5.11 Å². The minimum atomic E-state index is -3.53. The van der Waals surface area contributed by atoms with Crippen LogP contribution in [-0.2, 0) is 23.2 Å². The Bertz CT molecular complexity index is 592. The van der Waals surface area contributed by atoms with Crippen LogP contribution in [0.25, 0.3) is 0 Å². The van der Waals surface area contributed by atoms with E-state index in [2.05, 4.69) is 9.71 Å². The number of thiazole rings is 1. The molecule has 0 aliphatic carbocycles. The van der Waals surface area contributed by atoms with Gasteiger partial charge in [-0.3, -0.25) is 0 Å². The molecule has 0 aliphatic heterocycles. The van der Waals surface area contributed by atoms with Crippen molar-refractivity contribution in [2.45, 2.75) is 18.0 Å². The second-order valence-corrected chi connectivity index (χ2v) is 6.30. The summed E-state index contributed by atoms with van der Waals surface area (Å²) in [7, 11) is -3.53. The summed E-state index contributed by atoms with van der Waals surface area (Å²) in [6.45, 7) is 0.0780. The van der Waals surface area contributed by atoms with Crippen LogP contribution in [0.1, 0.15) is 10.6 Å². The summed E-state index contributed by atoms with van der Waals surface area (Å²) < 4.78 is 26.3. The molecule has 5 nitrogen and oxygen atoms in total. The molecule has 0 fully saturated rings. The maximum absolute atomic E-state index is 11.9. The molecule has 2 rings (SSSR count). The number of sulfonamides is 1. The van der Waals surface area contributed by atoms with Crippen molar-refractivity contribution in [1.29, 1.82) is 0 Å². The van der Waals surface area contributed by atoms with Crippen LogP contribution in [0.3, 0.4) is 0 Å². The number of rotatable bonds is 5. The average Bonchev–Trinajstić information content (AvgIpc) is 2.90. The highest BCUT2D eigenvalue weighted by Gasteiger charge is 2.13. The fraction of sp³-hybridized carbons (Fsp3) is 0.182. The molecule has 0 unspecified atom stereocenters. The second kappa shape index (κ2) is 5.57. The molecule has 2 aromatic rings. The van der Waals surface area contributed by atoms with Crippen LogP contribution in [-0.4, -0.2) is 18.5 Å². The van der Waals surface area contributed by atoms with Crippen molar-refractivity contribution in [1.82, 2.24) is 9.71 Å². The molecule has 1 aromatic carbocycles. The largest absolute Gasteiger partial charge is 0.392 e. The van der Waals surface area contributed by atoms with E-state index in [9.17, 15) is 8.42 Å². The predicted octanol–water partition coefficient (Wildman–Crippen LogP) is 1.11. The Labute approximate surface area is 109 Å². The third-order valence-electron chi connectivity index (χ3n) is 2.31. The minimum absolute atomic E-state index is 0.104. The number of hydrogen-bond acceptors (Lipinski definition) is 5. The number of benzene rings is 1. The van der Waals surface area contributed by atoms with E-state index in [4.69, 9.17) is 5.11 Å². The molecular formula is C11H12N2O3S2. The van der Waals surface area contributed by atoms with E-state index in [0.717, 1.165) is 0 Å². The molecule has 0 radical (unpaired) electrons. The van der Waals surface area contributed by atoms with Crippen LogP contribution in [0.15, 0.2) is 40.7 Å². The number of nitrogens with zero attached hydrogens (tertiary/aromatic N) is 1. The SMILES string of the molecule is O=S(=O)(NCc1nccs1)c1ccc(CO)cc1. The topological polar surface area (TPSA) is 79.3 Å². The molecule has 7 heteroatoms. The molecule has 0 atom stereocenters. The lowest BCUT2D eigenvalue weighted by Gasteiger charge is -2.05. The molecular weight excluding hydrogens is 272 g/mol. The van der Waals surface area contributed by atoms with Crippen LogP contribution in [0.5, 0.6) is 0 Å². The Balaban J connectivity index is 2.09. The van der Waals surface area contributed by atoms with Crippen molar-refractivity contribution >= 4 is 21.4 Å². The van der Waals surface area contributed by atoms with E-state index in [0.29, 0.717) is 10.6 Å². The summed E-state index contributed by atoms with van der Waals surface area (Å²) in [5.74, 6) is 0. The number of aliphatic hydroxyl groups is 1. The molecule has 96 valence electrons. The van der Waals surface area contributed by atoms with E-state index < -0.39 is 10.0 Å². The Kier molecular flexibility index (Phi) is 4.07. The summed E-state index contributed by atoms with van der Waals surface area (Å²) >= 11 is 1.39. The molecule has 0 spiro atoms. The van der Waals surface area contributed by atoms with Crippen LogP contribution in [0, 0.1) is 0 Å². The predicted molar refractivity (Wildman–Crippen MR) is 68.5 cm³/mol. The van der Waals surface area contributed by atoms with E-state index in [1.807, 2.05) is 0 Å². The standard InChI is InChI=1S/C11H12N2O3S2/c14-8-9-1-3-10(4-2-9)18(15,16)13-7-11-12-5-6-17-11/h1-6,13-14H,7-8H2. The van der Waals surface area contributed by atoms with Crippen LogP contribution < -0.4 is 4.72 Å². The Morgan fingerprint density at radius 1 is 1.28 bits per heavy atom. The van der Waals surface area contributed by atoms with Gasteiger partial charge in [0, 0.05) is 11.6 Å². The van der Waals surface area contributed by atoms with Gasteiger partial charge in [-0.1, -0.05) is 12.1 Å².